The van der Waals surface area contributed by atoms with Crippen LogP contribution < -0.4 is 15.4 Å². The first kappa shape index (κ1) is 19.7. The maximum atomic E-state index is 12.6. The van der Waals surface area contributed by atoms with Gasteiger partial charge >= 0.3 is 0 Å². The van der Waals surface area contributed by atoms with E-state index in [1.54, 1.807) is 48.5 Å². The number of carbonyl (C=O) groups excluding carboxylic acids is 2. The second kappa shape index (κ2) is 8.42. The molecule has 0 unspecified atom stereocenters. The first-order valence-electron chi connectivity index (χ1n) is 9.09. The molecule has 3 aromatic carbocycles. The molecule has 2 N–H and O–H groups in total. The van der Waals surface area contributed by atoms with Crippen molar-refractivity contribution in [3.8, 4) is 5.75 Å². The molecule has 0 radical (unpaired) electrons. The van der Waals surface area contributed by atoms with Crippen molar-refractivity contribution in [2.24, 2.45) is 0 Å². The number of nitrogens with one attached hydrogen (secondary N) is 2. The molecule has 0 aliphatic carbocycles. The van der Waals surface area contributed by atoms with Gasteiger partial charge in [-0.25, -0.2) is 0 Å². The van der Waals surface area contributed by atoms with E-state index < -0.39 is 5.91 Å². The number of para-hydroxylation sites is 1. The van der Waals surface area contributed by atoms with E-state index in [1.165, 1.54) is 7.11 Å². The first-order chi connectivity index (χ1) is 14.5. The second-order valence-electron chi connectivity index (χ2n) is 6.45. The molecule has 4 aromatic rings. The Labute approximate surface area is 181 Å². The lowest BCUT2D eigenvalue weighted by Gasteiger charge is -2.12. The lowest BCUT2D eigenvalue weighted by molar-refractivity contribution is 0.0996. The Morgan fingerprint density at radius 1 is 0.900 bits per heavy atom. The minimum absolute atomic E-state index is 0.199. The average Bonchev–Trinajstić information content (AvgIpc) is 3.19. The van der Waals surface area contributed by atoms with Gasteiger partial charge in [0.05, 0.1) is 18.4 Å². The van der Waals surface area contributed by atoms with Crippen molar-refractivity contribution in [2.45, 2.75) is 0 Å². The van der Waals surface area contributed by atoms with Crippen LogP contribution in [0.15, 0.2) is 81.7 Å². The summed E-state index contributed by atoms with van der Waals surface area (Å²) in [6.45, 7) is 0. The zero-order valence-corrected chi connectivity index (χ0v) is 17.5. The summed E-state index contributed by atoms with van der Waals surface area (Å²) in [6.07, 6.45) is 0. The van der Waals surface area contributed by atoms with Crippen molar-refractivity contribution < 1.29 is 18.7 Å². The average molecular weight is 465 g/mol. The molecule has 0 saturated carbocycles. The fourth-order valence-electron chi connectivity index (χ4n) is 2.99. The molecule has 1 aromatic heterocycles. The Balaban J connectivity index is 1.52. The number of amides is 2. The Bertz CT molecular complexity index is 1220. The summed E-state index contributed by atoms with van der Waals surface area (Å²) < 4.78 is 11.7. The molecule has 1 heterocycles. The third-order valence-electron chi connectivity index (χ3n) is 4.48. The number of rotatable bonds is 5. The van der Waals surface area contributed by atoms with E-state index in [-0.39, 0.29) is 11.7 Å². The SMILES string of the molecule is COc1cc(NC(=O)c2ccccc2Br)ccc1NC(=O)c1cc2ccccc2o1. The van der Waals surface area contributed by atoms with E-state index in [0.29, 0.717) is 32.7 Å². The van der Waals surface area contributed by atoms with Gasteiger partial charge in [-0.2, -0.15) is 0 Å². The van der Waals surface area contributed by atoms with Gasteiger partial charge in [0.2, 0.25) is 0 Å². The summed E-state index contributed by atoms with van der Waals surface area (Å²) in [5, 5.41) is 6.45. The monoisotopic (exact) mass is 464 g/mol. The van der Waals surface area contributed by atoms with Crippen LogP contribution >= 0.6 is 15.9 Å². The van der Waals surface area contributed by atoms with Crippen LogP contribution in [0.1, 0.15) is 20.9 Å². The van der Waals surface area contributed by atoms with Crippen molar-refractivity contribution in [1.29, 1.82) is 0 Å². The second-order valence-corrected chi connectivity index (χ2v) is 7.31. The van der Waals surface area contributed by atoms with Gasteiger partial charge in [-0.05, 0) is 52.3 Å². The topological polar surface area (TPSA) is 80.6 Å². The summed E-state index contributed by atoms with van der Waals surface area (Å²) >= 11 is 3.37. The van der Waals surface area contributed by atoms with Gasteiger partial charge < -0.3 is 19.8 Å². The molecule has 2 amide bonds. The molecule has 0 atom stereocenters. The van der Waals surface area contributed by atoms with E-state index in [4.69, 9.17) is 9.15 Å². The van der Waals surface area contributed by atoms with Gasteiger partial charge in [0.15, 0.2) is 5.76 Å². The van der Waals surface area contributed by atoms with Gasteiger partial charge in [0.1, 0.15) is 11.3 Å². The summed E-state index contributed by atoms with van der Waals surface area (Å²) in [4.78, 5) is 25.1. The van der Waals surface area contributed by atoms with Crippen molar-refractivity contribution in [3.63, 3.8) is 0 Å². The van der Waals surface area contributed by atoms with Crippen LogP contribution in [-0.4, -0.2) is 18.9 Å². The molecular formula is C23H17BrN2O4. The molecule has 0 bridgehead atoms. The van der Waals surface area contributed by atoms with Crippen LogP contribution in [0.5, 0.6) is 5.75 Å². The largest absolute Gasteiger partial charge is 0.494 e. The lowest BCUT2D eigenvalue weighted by atomic mass is 10.2. The van der Waals surface area contributed by atoms with E-state index in [2.05, 4.69) is 26.6 Å². The molecule has 7 heteroatoms. The summed E-state index contributed by atoms with van der Waals surface area (Å²) in [5.74, 6) is -0.0490. The predicted octanol–water partition coefficient (Wildman–Crippen LogP) is 5.71. The Morgan fingerprint density at radius 2 is 1.67 bits per heavy atom. The highest BCUT2D eigenvalue weighted by Gasteiger charge is 2.16. The molecule has 0 fully saturated rings. The number of methoxy groups -OCH3 is 1. The van der Waals surface area contributed by atoms with E-state index in [0.717, 1.165) is 5.39 Å². The fourth-order valence-corrected chi connectivity index (χ4v) is 3.46. The van der Waals surface area contributed by atoms with Gasteiger partial charge in [-0.1, -0.05) is 30.3 Å². The molecular weight excluding hydrogens is 448 g/mol. The minimum atomic E-state index is -0.394. The fraction of sp³-hybridized carbons (Fsp3) is 0.0435. The van der Waals surface area contributed by atoms with Crippen LogP contribution in [0.2, 0.25) is 0 Å². The molecule has 0 spiro atoms. The van der Waals surface area contributed by atoms with Gasteiger partial charge in [-0.3, -0.25) is 9.59 Å². The standard InChI is InChI=1S/C23H17BrN2O4/c1-29-20-13-15(25-22(27)16-7-3-4-8-17(16)24)10-11-18(20)26-23(28)21-12-14-6-2-5-9-19(14)30-21/h2-13H,1H3,(H,25,27)(H,26,28). The lowest BCUT2D eigenvalue weighted by Crippen LogP contribution is -2.14. The third kappa shape index (κ3) is 4.06. The number of fused-ring (bicyclic) bond motifs is 1. The van der Waals surface area contributed by atoms with E-state index in [1.807, 2.05) is 24.3 Å². The molecule has 0 aliphatic rings. The molecule has 0 aliphatic heterocycles. The number of carbonyl (C=O) groups is 2. The highest BCUT2D eigenvalue weighted by atomic mass is 79.9. The Morgan fingerprint density at radius 3 is 2.43 bits per heavy atom. The van der Waals surface area contributed by atoms with Crippen molar-refractivity contribution in [1.82, 2.24) is 0 Å². The van der Waals surface area contributed by atoms with E-state index >= 15 is 0 Å². The summed E-state index contributed by atoms with van der Waals surface area (Å²) in [5.41, 5.74) is 2.15. The quantitative estimate of drug-likeness (QED) is 0.396. The van der Waals surface area contributed by atoms with Crippen LogP contribution in [-0.2, 0) is 0 Å². The number of hydrogen-bond acceptors (Lipinski definition) is 4. The van der Waals surface area contributed by atoms with Crippen LogP contribution in [0.25, 0.3) is 11.0 Å². The van der Waals surface area contributed by atoms with E-state index in [9.17, 15) is 9.59 Å². The highest BCUT2D eigenvalue weighted by Crippen LogP contribution is 2.30. The first-order valence-corrected chi connectivity index (χ1v) is 9.88. The minimum Gasteiger partial charge on any atom is -0.494 e. The number of halogens is 1. The normalized spacial score (nSPS) is 10.6. The zero-order chi connectivity index (χ0) is 21.1. The molecule has 4 rings (SSSR count). The van der Waals surface area contributed by atoms with Crippen LogP contribution in [0.4, 0.5) is 11.4 Å². The number of hydrogen-bond donors (Lipinski definition) is 2. The highest BCUT2D eigenvalue weighted by molar-refractivity contribution is 9.10. The Hall–Kier alpha value is -3.58. The molecule has 150 valence electrons. The summed E-state index contributed by atoms with van der Waals surface area (Å²) in [7, 11) is 1.49. The zero-order valence-electron chi connectivity index (χ0n) is 15.9. The number of furan rings is 1. The van der Waals surface area contributed by atoms with Gasteiger partial charge in [0.25, 0.3) is 11.8 Å². The van der Waals surface area contributed by atoms with Crippen molar-refractivity contribution >= 4 is 50.1 Å². The van der Waals surface area contributed by atoms with Crippen molar-refractivity contribution in [3.05, 3.63) is 88.6 Å². The molecule has 6 nitrogen and oxygen atoms in total. The van der Waals surface area contributed by atoms with Gasteiger partial charge in [0, 0.05) is 21.6 Å². The third-order valence-corrected chi connectivity index (χ3v) is 5.17. The Kier molecular flexibility index (Phi) is 5.54. The van der Waals surface area contributed by atoms with Crippen LogP contribution in [0, 0.1) is 0 Å². The van der Waals surface area contributed by atoms with Crippen molar-refractivity contribution in [2.75, 3.05) is 17.7 Å². The van der Waals surface area contributed by atoms with Gasteiger partial charge in [-0.15, -0.1) is 0 Å². The molecule has 0 saturated heterocycles. The number of benzene rings is 3. The van der Waals surface area contributed by atoms with Crippen LogP contribution in [0.3, 0.4) is 0 Å². The molecule has 30 heavy (non-hydrogen) atoms. The number of ether oxygens (including phenoxy) is 1. The number of anilines is 2. The predicted molar refractivity (Wildman–Crippen MR) is 119 cm³/mol. The maximum Gasteiger partial charge on any atom is 0.291 e. The smallest absolute Gasteiger partial charge is 0.291 e. The summed E-state index contributed by atoms with van der Waals surface area (Å²) in [6, 6.07) is 21.2. The maximum absolute atomic E-state index is 12.6.